The molecule has 0 N–H and O–H groups in total. The predicted molar refractivity (Wildman–Crippen MR) is 143 cm³/mol. The van der Waals surface area contributed by atoms with Crippen LogP contribution in [0.15, 0.2) is 47.4 Å². The van der Waals surface area contributed by atoms with Crippen molar-refractivity contribution in [3.63, 3.8) is 0 Å². The van der Waals surface area contributed by atoms with E-state index in [1.807, 2.05) is 25.1 Å². The van der Waals surface area contributed by atoms with Gasteiger partial charge in [0.2, 0.25) is 10.0 Å². The molecule has 1 aliphatic rings. The number of piperidine rings is 1. The largest absolute Gasteiger partial charge is 0.308 e. The molecule has 1 fully saturated rings. The Kier molecular flexibility index (Phi) is 7.90. The van der Waals surface area contributed by atoms with Crippen LogP contribution in [-0.4, -0.2) is 68.8 Å². The number of hydrogen-bond donors (Lipinski definition) is 0. The number of amides is 1. The van der Waals surface area contributed by atoms with Crippen LogP contribution in [0.2, 0.25) is 0 Å². The summed E-state index contributed by atoms with van der Waals surface area (Å²) in [7, 11) is 0.381. The number of fused-ring (bicyclic) bond motifs is 1. The Labute approximate surface area is 212 Å². The molecule has 0 atom stereocenters. The number of rotatable bonds is 8. The third-order valence-corrected chi connectivity index (χ3v) is 9.53. The molecule has 3 aromatic rings. The molecule has 4 rings (SSSR count). The normalized spacial score (nSPS) is 15.7. The summed E-state index contributed by atoms with van der Waals surface area (Å²) in [5.74, 6) is 0.364. The van der Waals surface area contributed by atoms with Crippen LogP contribution in [0.4, 0.5) is 5.13 Å². The molecule has 35 heavy (non-hydrogen) atoms. The van der Waals surface area contributed by atoms with Crippen LogP contribution in [0.25, 0.3) is 10.2 Å². The van der Waals surface area contributed by atoms with Gasteiger partial charge in [0.15, 0.2) is 5.13 Å². The van der Waals surface area contributed by atoms with Crippen molar-refractivity contribution in [1.29, 1.82) is 0 Å². The van der Waals surface area contributed by atoms with E-state index in [9.17, 15) is 13.2 Å². The lowest BCUT2D eigenvalue weighted by Gasteiger charge is -2.29. The SMILES string of the molecule is CCc1ccc2nc(N(CCN(C)C)C(=O)c3ccc(S(=O)(=O)N4CCC(C)CC4)cc3)sc2c1. The quantitative estimate of drug-likeness (QED) is 0.443. The van der Waals surface area contributed by atoms with E-state index in [4.69, 9.17) is 4.98 Å². The van der Waals surface area contributed by atoms with Crippen molar-refractivity contribution in [3.05, 3.63) is 53.6 Å². The van der Waals surface area contributed by atoms with E-state index in [0.29, 0.717) is 42.8 Å². The molecule has 1 aliphatic heterocycles. The van der Waals surface area contributed by atoms with E-state index < -0.39 is 10.0 Å². The van der Waals surface area contributed by atoms with Crippen molar-refractivity contribution in [1.82, 2.24) is 14.2 Å². The van der Waals surface area contributed by atoms with E-state index in [1.54, 1.807) is 33.5 Å². The van der Waals surface area contributed by atoms with E-state index in [1.165, 1.54) is 16.9 Å². The van der Waals surface area contributed by atoms with Crippen molar-refractivity contribution in [2.24, 2.45) is 5.92 Å². The van der Waals surface area contributed by atoms with Crippen LogP contribution in [0.5, 0.6) is 0 Å². The fourth-order valence-corrected chi connectivity index (χ4v) is 6.70. The van der Waals surface area contributed by atoms with Crippen molar-refractivity contribution < 1.29 is 13.2 Å². The zero-order valence-corrected chi connectivity index (χ0v) is 22.5. The summed E-state index contributed by atoms with van der Waals surface area (Å²) in [5.41, 5.74) is 2.56. The van der Waals surface area contributed by atoms with E-state index in [0.717, 1.165) is 29.5 Å². The molecule has 2 aromatic carbocycles. The molecule has 0 saturated carbocycles. The van der Waals surface area contributed by atoms with Gasteiger partial charge in [-0.3, -0.25) is 9.69 Å². The highest BCUT2D eigenvalue weighted by atomic mass is 32.2. The van der Waals surface area contributed by atoms with Crippen molar-refractivity contribution in [3.8, 4) is 0 Å². The van der Waals surface area contributed by atoms with Gasteiger partial charge in [-0.25, -0.2) is 13.4 Å². The lowest BCUT2D eigenvalue weighted by molar-refractivity contribution is 0.0985. The predicted octanol–water partition coefficient (Wildman–Crippen LogP) is 4.49. The highest BCUT2D eigenvalue weighted by Crippen LogP contribution is 2.31. The van der Waals surface area contributed by atoms with Gasteiger partial charge >= 0.3 is 0 Å². The summed E-state index contributed by atoms with van der Waals surface area (Å²) >= 11 is 1.51. The Balaban J connectivity index is 1.60. The van der Waals surface area contributed by atoms with E-state index in [-0.39, 0.29) is 10.8 Å². The molecule has 0 radical (unpaired) electrons. The third kappa shape index (κ3) is 5.74. The van der Waals surface area contributed by atoms with Gasteiger partial charge in [0.05, 0.1) is 15.1 Å². The summed E-state index contributed by atoms with van der Waals surface area (Å²) < 4.78 is 28.8. The lowest BCUT2D eigenvalue weighted by atomic mass is 10.0. The molecule has 0 aliphatic carbocycles. The first-order valence-corrected chi connectivity index (χ1v) is 14.4. The fourth-order valence-electron chi connectivity index (χ4n) is 4.18. The van der Waals surface area contributed by atoms with Crippen molar-refractivity contribution >= 4 is 42.6 Å². The maximum Gasteiger partial charge on any atom is 0.260 e. The van der Waals surface area contributed by atoms with Crippen LogP contribution in [0.3, 0.4) is 0 Å². The van der Waals surface area contributed by atoms with Crippen LogP contribution in [0.1, 0.15) is 42.6 Å². The number of benzene rings is 2. The maximum absolute atomic E-state index is 13.6. The fraction of sp³-hybridized carbons (Fsp3) is 0.462. The lowest BCUT2D eigenvalue weighted by Crippen LogP contribution is -2.38. The van der Waals surface area contributed by atoms with Gasteiger partial charge in [0.25, 0.3) is 5.91 Å². The van der Waals surface area contributed by atoms with Crippen LogP contribution in [-0.2, 0) is 16.4 Å². The molecular formula is C26H34N4O3S2. The van der Waals surface area contributed by atoms with Crippen LogP contribution < -0.4 is 4.90 Å². The van der Waals surface area contributed by atoms with Gasteiger partial charge in [-0.1, -0.05) is 31.3 Å². The molecule has 1 aromatic heterocycles. The van der Waals surface area contributed by atoms with Gasteiger partial charge in [-0.15, -0.1) is 0 Å². The van der Waals surface area contributed by atoms with Gasteiger partial charge in [0, 0.05) is 31.7 Å². The number of sulfonamides is 1. The first kappa shape index (κ1) is 25.8. The maximum atomic E-state index is 13.6. The zero-order valence-electron chi connectivity index (χ0n) is 20.9. The molecule has 0 bridgehead atoms. The summed E-state index contributed by atoms with van der Waals surface area (Å²) in [6.07, 6.45) is 2.69. The minimum atomic E-state index is -3.55. The highest BCUT2D eigenvalue weighted by molar-refractivity contribution is 7.89. The number of aryl methyl sites for hydroxylation is 1. The first-order valence-electron chi connectivity index (χ1n) is 12.2. The Morgan fingerprint density at radius 1 is 1.09 bits per heavy atom. The number of anilines is 1. The Morgan fingerprint density at radius 2 is 1.77 bits per heavy atom. The number of carbonyl (C=O) groups is 1. The second kappa shape index (κ2) is 10.7. The standard InChI is InChI=1S/C26H34N4O3S2/c1-5-20-6-11-23-24(18-20)34-26(27-23)30(17-16-28(3)4)25(31)21-7-9-22(10-8-21)35(32,33)29-14-12-19(2)13-15-29/h6-11,18-19H,5,12-17H2,1-4H3. The number of thiazole rings is 1. The molecule has 1 amide bonds. The topological polar surface area (TPSA) is 73.8 Å². The minimum absolute atomic E-state index is 0.183. The number of hydrogen-bond acceptors (Lipinski definition) is 6. The Hall–Kier alpha value is -2.33. The monoisotopic (exact) mass is 514 g/mol. The highest BCUT2D eigenvalue weighted by Gasteiger charge is 2.28. The summed E-state index contributed by atoms with van der Waals surface area (Å²) in [4.78, 5) is 22.3. The molecule has 2 heterocycles. The Morgan fingerprint density at radius 3 is 2.40 bits per heavy atom. The number of aromatic nitrogens is 1. The molecule has 9 heteroatoms. The molecule has 1 saturated heterocycles. The second-order valence-electron chi connectivity index (χ2n) is 9.52. The third-order valence-electron chi connectivity index (χ3n) is 6.58. The average molecular weight is 515 g/mol. The van der Waals surface area contributed by atoms with Crippen molar-refractivity contribution in [2.45, 2.75) is 38.0 Å². The Bertz CT molecular complexity index is 1280. The number of carbonyl (C=O) groups excluding carboxylic acids is 1. The van der Waals surface area contributed by atoms with Crippen LogP contribution in [0, 0.1) is 5.92 Å². The number of nitrogens with zero attached hydrogens (tertiary/aromatic N) is 4. The molecule has 0 unspecified atom stereocenters. The summed E-state index contributed by atoms with van der Waals surface area (Å²) in [5, 5.41) is 0.652. The molecule has 0 spiro atoms. The average Bonchev–Trinajstić information content (AvgIpc) is 3.27. The number of likely N-dealkylation sites (N-methyl/N-ethyl adjacent to an activating group) is 1. The minimum Gasteiger partial charge on any atom is -0.308 e. The van der Waals surface area contributed by atoms with E-state index in [2.05, 4.69) is 26.0 Å². The first-order chi connectivity index (χ1) is 16.7. The van der Waals surface area contributed by atoms with Gasteiger partial charge in [-0.05, 0) is 81.2 Å². The molecular weight excluding hydrogens is 480 g/mol. The van der Waals surface area contributed by atoms with Gasteiger partial charge in [-0.2, -0.15) is 4.31 Å². The molecule has 188 valence electrons. The smallest absolute Gasteiger partial charge is 0.260 e. The summed E-state index contributed by atoms with van der Waals surface area (Å²) in [6, 6.07) is 12.5. The van der Waals surface area contributed by atoms with Gasteiger partial charge < -0.3 is 4.90 Å². The van der Waals surface area contributed by atoms with Crippen molar-refractivity contribution in [2.75, 3.05) is 45.2 Å². The van der Waals surface area contributed by atoms with E-state index >= 15 is 0 Å². The zero-order chi connectivity index (χ0) is 25.2. The van der Waals surface area contributed by atoms with Gasteiger partial charge in [0.1, 0.15) is 0 Å². The van der Waals surface area contributed by atoms with Crippen LogP contribution >= 0.6 is 11.3 Å². The molecule has 7 nitrogen and oxygen atoms in total. The second-order valence-corrected chi connectivity index (χ2v) is 12.5. The summed E-state index contributed by atoms with van der Waals surface area (Å²) in [6.45, 7) is 6.52.